The molecule has 0 amide bonds. The number of carbonyl (C=O) groups is 1. The SMILES string of the molecule is Cc1cccc(NC2CCN(CCC(=O)O)CC2)c1. The van der Waals surface area contributed by atoms with Gasteiger partial charge < -0.3 is 15.3 Å². The van der Waals surface area contributed by atoms with Crippen LogP contribution in [0.2, 0.25) is 0 Å². The number of benzene rings is 1. The van der Waals surface area contributed by atoms with Crippen LogP contribution in [0.4, 0.5) is 5.69 Å². The third-order valence-corrected chi connectivity index (χ3v) is 3.62. The predicted molar refractivity (Wildman–Crippen MR) is 76.5 cm³/mol. The Bertz CT molecular complexity index is 426. The van der Waals surface area contributed by atoms with Crippen molar-refractivity contribution >= 4 is 11.7 Å². The molecule has 1 saturated heterocycles. The van der Waals surface area contributed by atoms with E-state index in [1.54, 1.807) is 0 Å². The third-order valence-electron chi connectivity index (χ3n) is 3.62. The number of carboxylic acids is 1. The van der Waals surface area contributed by atoms with Gasteiger partial charge in [-0.3, -0.25) is 4.79 Å². The van der Waals surface area contributed by atoms with Gasteiger partial charge in [0, 0.05) is 31.4 Å². The molecule has 0 bridgehead atoms. The minimum Gasteiger partial charge on any atom is -0.481 e. The van der Waals surface area contributed by atoms with Gasteiger partial charge in [-0.05, 0) is 37.5 Å². The fourth-order valence-corrected chi connectivity index (χ4v) is 2.53. The number of piperidine rings is 1. The van der Waals surface area contributed by atoms with Gasteiger partial charge in [0.25, 0.3) is 0 Å². The summed E-state index contributed by atoms with van der Waals surface area (Å²) in [5, 5.41) is 12.2. The summed E-state index contributed by atoms with van der Waals surface area (Å²) in [7, 11) is 0. The van der Waals surface area contributed by atoms with Crippen molar-refractivity contribution in [3.63, 3.8) is 0 Å². The quantitative estimate of drug-likeness (QED) is 0.855. The lowest BCUT2D eigenvalue weighted by Gasteiger charge is -2.32. The zero-order chi connectivity index (χ0) is 13.7. The molecule has 0 radical (unpaired) electrons. The zero-order valence-corrected chi connectivity index (χ0v) is 11.4. The molecule has 4 heteroatoms. The molecule has 4 nitrogen and oxygen atoms in total. The number of anilines is 1. The number of hydrogen-bond acceptors (Lipinski definition) is 3. The van der Waals surface area contributed by atoms with Crippen molar-refractivity contribution in [2.24, 2.45) is 0 Å². The molecule has 0 unspecified atom stereocenters. The molecule has 19 heavy (non-hydrogen) atoms. The maximum absolute atomic E-state index is 10.5. The largest absolute Gasteiger partial charge is 0.481 e. The number of aliphatic carboxylic acids is 1. The Morgan fingerprint density at radius 2 is 2.16 bits per heavy atom. The van der Waals surface area contributed by atoms with E-state index in [2.05, 4.69) is 41.4 Å². The minimum atomic E-state index is -0.708. The average Bonchev–Trinajstić information content (AvgIpc) is 2.38. The van der Waals surface area contributed by atoms with Crippen LogP contribution in [0.3, 0.4) is 0 Å². The monoisotopic (exact) mass is 262 g/mol. The van der Waals surface area contributed by atoms with E-state index in [0.717, 1.165) is 25.9 Å². The Morgan fingerprint density at radius 1 is 1.42 bits per heavy atom. The Kier molecular flexibility index (Phi) is 4.80. The van der Waals surface area contributed by atoms with Gasteiger partial charge in [-0.1, -0.05) is 12.1 Å². The molecule has 0 saturated carbocycles. The number of nitrogens with zero attached hydrogens (tertiary/aromatic N) is 1. The van der Waals surface area contributed by atoms with Crippen molar-refractivity contribution in [1.29, 1.82) is 0 Å². The molecule has 1 fully saturated rings. The summed E-state index contributed by atoms with van der Waals surface area (Å²) in [5.74, 6) is -0.708. The summed E-state index contributed by atoms with van der Waals surface area (Å²) in [6, 6.07) is 8.93. The smallest absolute Gasteiger partial charge is 0.304 e. The van der Waals surface area contributed by atoms with E-state index < -0.39 is 5.97 Å². The lowest BCUT2D eigenvalue weighted by Crippen LogP contribution is -2.39. The van der Waals surface area contributed by atoms with Crippen LogP contribution in [0.1, 0.15) is 24.8 Å². The molecule has 1 aliphatic rings. The predicted octanol–water partition coefficient (Wildman–Crippen LogP) is 2.35. The third kappa shape index (κ3) is 4.56. The highest BCUT2D eigenvalue weighted by Crippen LogP contribution is 2.17. The molecular weight excluding hydrogens is 240 g/mol. The number of nitrogens with one attached hydrogen (secondary N) is 1. The first-order valence-corrected chi connectivity index (χ1v) is 6.91. The maximum Gasteiger partial charge on any atom is 0.304 e. The highest BCUT2D eigenvalue weighted by atomic mass is 16.4. The van der Waals surface area contributed by atoms with Gasteiger partial charge in [-0.2, -0.15) is 0 Å². The van der Waals surface area contributed by atoms with Crippen molar-refractivity contribution in [2.45, 2.75) is 32.2 Å². The standard InChI is InChI=1S/C15H22N2O2/c1-12-3-2-4-14(11-12)16-13-5-8-17(9-6-13)10-7-15(18)19/h2-4,11,13,16H,5-10H2,1H3,(H,18,19). The van der Waals surface area contributed by atoms with Crippen LogP contribution in [-0.2, 0) is 4.79 Å². The van der Waals surface area contributed by atoms with E-state index in [4.69, 9.17) is 5.11 Å². The molecule has 0 atom stereocenters. The molecule has 104 valence electrons. The van der Waals surface area contributed by atoms with Gasteiger partial charge in [-0.15, -0.1) is 0 Å². The minimum absolute atomic E-state index is 0.246. The van der Waals surface area contributed by atoms with Gasteiger partial charge in [0.05, 0.1) is 6.42 Å². The summed E-state index contributed by atoms with van der Waals surface area (Å²) in [4.78, 5) is 12.8. The highest BCUT2D eigenvalue weighted by molar-refractivity contribution is 5.66. The van der Waals surface area contributed by atoms with Crippen molar-refractivity contribution in [3.8, 4) is 0 Å². The fraction of sp³-hybridized carbons (Fsp3) is 0.533. The fourth-order valence-electron chi connectivity index (χ4n) is 2.53. The Labute approximate surface area is 114 Å². The number of aryl methyl sites for hydroxylation is 1. The molecule has 2 N–H and O–H groups in total. The molecular formula is C15H22N2O2. The van der Waals surface area contributed by atoms with Gasteiger partial charge in [0.1, 0.15) is 0 Å². The highest BCUT2D eigenvalue weighted by Gasteiger charge is 2.19. The second-order valence-corrected chi connectivity index (χ2v) is 5.27. The van der Waals surface area contributed by atoms with Crippen LogP contribution < -0.4 is 5.32 Å². The molecule has 0 aliphatic carbocycles. The molecule has 1 heterocycles. The van der Waals surface area contributed by atoms with Crippen LogP contribution in [0.15, 0.2) is 24.3 Å². The first-order chi connectivity index (χ1) is 9.13. The van der Waals surface area contributed by atoms with E-state index in [9.17, 15) is 4.79 Å². The van der Waals surface area contributed by atoms with E-state index in [-0.39, 0.29) is 6.42 Å². The second kappa shape index (κ2) is 6.57. The van der Waals surface area contributed by atoms with Crippen LogP contribution in [0.25, 0.3) is 0 Å². The van der Waals surface area contributed by atoms with Crippen molar-refractivity contribution in [3.05, 3.63) is 29.8 Å². The second-order valence-electron chi connectivity index (χ2n) is 5.27. The van der Waals surface area contributed by atoms with Gasteiger partial charge >= 0.3 is 5.97 Å². The Hall–Kier alpha value is -1.55. The summed E-state index contributed by atoms with van der Waals surface area (Å²) >= 11 is 0. The molecule has 0 aromatic heterocycles. The number of rotatable bonds is 5. The van der Waals surface area contributed by atoms with Gasteiger partial charge in [-0.25, -0.2) is 0 Å². The van der Waals surface area contributed by atoms with E-state index in [0.29, 0.717) is 12.6 Å². The summed E-state index contributed by atoms with van der Waals surface area (Å²) in [6.45, 7) is 4.74. The summed E-state index contributed by atoms with van der Waals surface area (Å²) in [5.41, 5.74) is 2.45. The maximum atomic E-state index is 10.5. The molecule has 1 aliphatic heterocycles. The van der Waals surface area contributed by atoms with Crippen molar-refractivity contribution < 1.29 is 9.90 Å². The number of hydrogen-bond donors (Lipinski definition) is 2. The van der Waals surface area contributed by atoms with E-state index >= 15 is 0 Å². The van der Waals surface area contributed by atoms with Crippen LogP contribution >= 0.6 is 0 Å². The van der Waals surface area contributed by atoms with Crippen molar-refractivity contribution in [1.82, 2.24) is 4.90 Å². The average molecular weight is 262 g/mol. The Morgan fingerprint density at radius 3 is 2.79 bits per heavy atom. The normalized spacial score (nSPS) is 17.3. The van der Waals surface area contributed by atoms with Crippen LogP contribution in [0.5, 0.6) is 0 Å². The van der Waals surface area contributed by atoms with Gasteiger partial charge in [0.2, 0.25) is 0 Å². The molecule has 0 spiro atoms. The Balaban J connectivity index is 1.75. The summed E-state index contributed by atoms with van der Waals surface area (Å²) < 4.78 is 0. The number of likely N-dealkylation sites (tertiary alicyclic amines) is 1. The van der Waals surface area contributed by atoms with Crippen LogP contribution in [-0.4, -0.2) is 41.7 Å². The van der Waals surface area contributed by atoms with E-state index in [1.807, 2.05) is 0 Å². The first-order valence-electron chi connectivity index (χ1n) is 6.91. The number of carboxylic acid groups (broad SMARTS) is 1. The lowest BCUT2D eigenvalue weighted by atomic mass is 10.0. The van der Waals surface area contributed by atoms with Gasteiger partial charge in [0.15, 0.2) is 0 Å². The lowest BCUT2D eigenvalue weighted by molar-refractivity contribution is -0.137. The molecule has 2 rings (SSSR count). The zero-order valence-electron chi connectivity index (χ0n) is 11.4. The van der Waals surface area contributed by atoms with Crippen molar-refractivity contribution in [2.75, 3.05) is 25.0 Å². The topological polar surface area (TPSA) is 52.6 Å². The molecule has 1 aromatic carbocycles. The summed E-state index contributed by atoms with van der Waals surface area (Å²) in [6.07, 6.45) is 2.40. The first kappa shape index (κ1) is 13.9. The van der Waals surface area contributed by atoms with E-state index in [1.165, 1.54) is 11.3 Å². The molecule has 1 aromatic rings. The van der Waals surface area contributed by atoms with Crippen LogP contribution in [0, 0.1) is 6.92 Å².